The number of hydrogen-bond donors (Lipinski definition) is 1. The summed E-state index contributed by atoms with van der Waals surface area (Å²) in [4.78, 5) is 12.9. The Morgan fingerprint density at radius 1 is 1.64 bits per heavy atom. The molecule has 78 valence electrons. The average molecular weight is 211 g/mol. The van der Waals surface area contributed by atoms with E-state index in [0.717, 1.165) is 17.7 Å². The monoisotopic (exact) mass is 211 g/mol. The fourth-order valence-corrected chi connectivity index (χ4v) is 2.20. The van der Waals surface area contributed by atoms with Crippen LogP contribution in [-0.2, 0) is 11.2 Å². The fraction of sp³-hybridized carbons (Fsp3) is 0.545. The van der Waals surface area contributed by atoms with Crippen LogP contribution < -0.4 is 5.73 Å². The largest absolute Gasteiger partial charge is 0.330 e. The van der Waals surface area contributed by atoms with Crippen molar-refractivity contribution in [3.05, 3.63) is 22.4 Å². The van der Waals surface area contributed by atoms with E-state index in [2.05, 4.69) is 6.92 Å². The van der Waals surface area contributed by atoms with Gasteiger partial charge < -0.3 is 5.73 Å². The van der Waals surface area contributed by atoms with Gasteiger partial charge in [0, 0.05) is 23.8 Å². The topological polar surface area (TPSA) is 43.1 Å². The summed E-state index contributed by atoms with van der Waals surface area (Å²) in [6, 6.07) is 3.98. The summed E-state index contributed by atoms with van der Waals surface area (Å²) in [6.07, 6.45) is 2.50. The minimum atomic E-state index is 0.0575. The molecule has 0 aliphatic carbocycles. The Hall–Kier alpha value is -0.670. The lowest BCUT2D eigenvalue weighted by Gasteiger charge is -2.11. The van der Waals surface area contributed by atoms with Crippen molar-refractivity contribution in [2.45, 2.75) is 26.2 Å². The second-order valence-electron chi connectivity index (χ2n) is 3.44. The summed E-state index contributed by atoms with van der Waals surface area (Å²) in [6.45, 7) is 2.57. The van der Waals surface area contributed by atoms with Gasteiger partial charge in [-0.2, -0.15) is 0 Å². The Balaban J connectivity index is 2.47. The first-order chi connectivity index (χ1) is 6.77. The van der Waals surface area contributed by atoms with E-state index in [1.807, 2.05) is 17.5 Å². The second kappa shape index (κ2) is 5.94. The summed E-state index contributed by atoms with van der Waals surface area (Å²) < 4.78 is 0. The van der Waals surface area contributed by atoms with Crippen molar-refractivity contribution in [1.82, 2.24) is 0 Å². The van der Waals surface area contributed by atoms with Crippen LogP contribution in [0.3, 0.4) is 0 Å². The Labute approximate surface area is 89.1 Å². The minimum absolute atomic E-state index is 0.0575. The van der Waals surface area contributed by atoms with Crippen LogP contribution in [0.25, 0.3) is 0 Å². The van der Waals surface area contributed by atoms with Crippen LogP contribution in [0, 0.1) is 5.92 Å². The first-order valence-corrected chi connectivity index (χ1v) is 5.91. The number of Topliss-reactive ketones (excluding diaryl/α,β-unsaturated/α-hetero) is 1. The third-order valence-electron chi connectivity index (χ3n) is 2.31. The average Bonchev–Trinajstić information content (AvgIpc) is 2.66. The van der Waals surface area contributed by atoms with E-state index < -0.39 is 0 Å². The van der Waals surface area contributed by atoms with Gasteiger partial charge >= 0.3 is 0 Å². The first-order valence-electron chi connectivity index (χ1n) is 5.03. The van der Waals surface area contributed by atoms with Crippen molar-refractivity contribution in [3.63, 3.8) is 0 Å². The number of nitrogens with two attached hydrogens (primary N) is 1. The highest BCUT2D eigenvalue weighted by atomic mass is 32.1. The van der Waals surface area contributed by atoms with Gasteiger partial charge in [-0.15, -0.1) is 11.3 Å². The maximum absolute atomic E-state index is 11.8. The van der Waals surface area contributed by atoms with Gasteiger partial charge in [0.15, 0.2) is 0 Å². The van der Waals surface area contributed by atoms with Gasteiger partial charge in [-0.05, 0) is 17.9 Å². The quantitative estimate of drug-likeness (QED) is 0.784. The van der Waals surface area contributed by atoms with Gasteiger partial charge in [-0.1, -0.05) is 19.4 Å². The van der Waals surface area contributed by atoms with Crippen molar-refractivity contribution in [3.8, 4) is 0 Å². The van der Waals surface area contributed by atoms with Gasteiger partial charge in [0.25, 0.3) is 0 Å². The number of carbonyl (C=O) groups is 1. The molecule has 2 nitrogen and oxygen atoms in total. The molecular weight excluding hydrogens is 194 g/mol. The molecule has 0 bridgehead atoms. The van der Waals surface area contributed by atoms with E-state index in [-0.39, 0.29) is 11.7 Å². The highest BCUT2D eigenvalue weighted by Crippen LogP contribution is 2.14. The Morgan fingerprint density at radius 3 is 2.93 bits per heavy atom. The van der Waals surface area contributed by atoms with E-state index in [1.165, 1.54) is 0 Å². The highest BCUT2D eigenvalue weighted by molar-refractivity contribution is 7.10. The van der Waals surface area contributed by atoms with E-state index in [1.54, 1.807) is 11.3 Å². The minimum Gasteiger partial charge on any atom is -0.330 e. The van der Waals surface area contributed by atoms with E-state index in [4.69, 9.17) is 5.73 Å². The molecule has 0 amide bonds. The molecular formula is C11H17NOS. The van der Waals surface area contributed by atoms with Gasteiger partial charge in [-0.25, -0.2) is 0 Å². The summed E-state index contributed by atoms with van der Waals surface area (Å²) in [7, 11) is 0. The predicted molar refractivity (Wildman–Crippen MR) is 60.5 cm³/mol. The summed E-state index contributed by atoms with van der Waals surface area (Å²) in [5.74, 6) is 0.346. The molecule has 1 atom stereocenters. The van der Waals surface area contributed by atoms with Crippen LogP contribution in [0.1, 0.15) is 24.6 Å². The second-order valence-corrected chi connectivity index (χ2v) is 4.48. The lowest BCUT2D eigenvalue weighted by molar-refractivity contribution is -0.122. The molecule has 3 heteroatoms. The van der Waals surface area contributed by atoms with Crippen molar-refractivity contribution in [2.24, 2.45) is 11.7 Å². The van der Waals surface area contributed by atoms with Gasteiger partial charge in [-0.3, -0.25) is 4.79 Å². The van der Waals surface area contributed by atoms with Crippen molar-refractivity contribution in [1.29, 1.82) is 0 Å². The van der Waals surface area contributed by atoms with Crippen molar-refractivity contribution in [2.75, 3.05) is 6.54 Å². The highest BCUT2D eigenvalue weighted by Gasteiger charge is 2.16. The first kappa shape index (κ1) is 11.4. The SMILES string of the molecule is CCCC(CN)C(=O)Cc1cccs1. The van der Waals surface area contributed by atoms with E-state index in [9.17, 15) is 4.79 Å². The van der Waals surface area contributed by atoms with Crippen LogP contribution in [-0.4, -0.2) is 12.3 Å². The molecule has 0 saturated heterocycles. The molecule has 2 N–H and O–H groups in total. The molecule has 1 heterocycles. The smallest absolute Gasteiger partial charge is 0.142 e. The number of rotatable bonds is 6. The molecule has 0 saturated carbocycles. The summed E-state index contributed by atoms with van der Waals surface area (Å²) in [5.41, 5.74) is 5.57. The van der Waals surface area contributed by atoms with Gasteiger partial charge in [0.2, 0.25) is 0 Å². The van der Waals surface area contributed by atoms with E-state index >= 15 is 0 Å². The Morgan fingerprint density at radius 2 is 2.43 bits per heavy atom. The third-order valence-corrected chi connectivity index (χ3v) is 3.18. The number of carbonyl (C=O) groups excluding carboxylic acids is 1. The molecule has 0 spiro atoms. The lowest BCUT2D eigenvalue weighted by atomic mass is 9.96. The van der Waals surface area contributed by atoms with Crippen LogP contribution in [0.5, 0.6) is 0 Å². The Kier molecular flexibility index (Phi) is 4.84. The molecule has 1 aromatic heterocycles. The van der Waals surface area contributed by atoms with Crippen molar-refractivity contribution >= 4 is 17.1 Å². The number of hydrogen-bond acceptors (Lipinski definition) is 3. The Bertz CT molecular complexity index is 269. The summed E-state index contributed by atoms with van der Waals surface area (Å²) in [5, 5.41) is 2.00. The molecule has 0 aliphatic heterocycles. The molecule has 1 aromatic rings. The normalized spacial score (nSPS) is 12.7. The zero-order valence-electron chi connectivity index (χ0n) is 8.53. The molecule has 0 radical (unpaired) electrons. The standard InChI is InChI=1S/C11H17NOS/c1-2-4-9(8-12)11(13)7-10-5-3-6-14-10/h3,5-6,9H,2,4,7-8,12H2,1H3. The van der Waals surface area contributed by atoms with Crippen LogP contribution in [0.4, 0.5) is 0 Å². The molecule has 0 aromatic carbocycles. The van der Waals surface area contributed by atoms with Crippen LogP contribution in [0.2, 0.25) is 0 Å². The molecule has 0 fully saturated rings. The third kappa shape index (κ3) is 3.24. The van der Waals surface area contributed by atoms with Crippen LogP contribution >= 0.6 is 11.3 Å². The lowest BCUT2D eigenvalue weighted by Crippen LogP contribution is -2.24. The van der Waals surface area contributed by atoms with Gasteiger partial charge in [0.05, 0.1) is 0 Å². The maximum Gasteiger partial charge on any atom is 0.142 e. The fourth-order valence-electron chi connectivity index (χ4n) is 1.49. The number of ketones is 1. The molecule has 1 unspecified atom stereocenters. The zero-order valence-corrected chi connectivity index (χ0v) is 9.35. The van der Waals surface area contributed by atoms with Crippen LogP contribution in [0.15, 0.2) is 17.5 Å². The molecule has 0 aliphatic rings. The number of thiophene rings is 1. The molecule has 14 heavy (non-hydrogen) atoms. The maximum atomic E-state index is 11.8. The van der Waals surface area contributed by atoms with Gasteiger partial charge in [0.1, 0.15) is 5.78 Å². The van der Waals surface area contributed by atoms with Crippen molar-refractivity contribution < 1.29 is 4.79 Å². The zero-order chi connectivity index (χ0) is 10.4. The molecule has 1 rings (SSSR count). The van der Waals surface area contributed by atoms with E-state index in [0.29, 0.717) is 13.0 Å². The summed E-state index contributed by atoms with van der Waals surface area (Å²) >= 11 is 1.64. The predicted octanol–water partition coefficient (Wildman–Crippen LogP) is 2.23.